The molecule has 0 saturated carbocycles. The Morgan fingerprint density at radius 1 is 1.88 bits per heavy atom. The maximum absolute atomic E-state index is 10.3. The van der Waals surface area contributed by atoms with E-state index in [1.165, 1.54) is 18.7 Å². The van der Waals surface area contributed by atoms with Crippen molar-refractivity contribution in [3.05, 3.63) is 0 Å². The molecule has 0 bridgehead atoms. The van der Waals surface area contributed by atoms with Crippen LogP contribution in [0.5, 0.6) is 0 Å². The van der Waals surface area contributed by atoms with Crippen molar-refractivity contribution in [2.24, 2.45) is 0 Å². The van der Waals surface area contributed by atoms with Crippen molar-refractivity contribution in [3.63, 3.8) is 0 Å². The summed E-state index contributed by atoms with van der Waals surface area (Å²) >= 11 is 1.51. The van der Waals surface area contributed by atoms with Gasteiger partial charge in [0.1, 0.15) is 5.41 Å². The van der Waals surface area contributed by atoms with Crippen LogP contribution >= 0.6 is 11.8 Å². The first-order chi connectivity index (χ1) is 3.68. The minimum atomic E-state index is -1.63. The fraction of sp³-hybridized carbons (Fsp3) is 0.750. The zero-order valence-corrected chi connectivity index (χ0v) is 6.79. The van der Waals surface area contributed by atoms with E-state index in [-0.39, 0.29) is 5.41 Å². The van der Waals surface area contributed by atoms with Crippen molar-refractivity contribution in [3.8, 4) is 0 Å². The van der Waals surface area contributed by atoms with Gasteiger partial charge in [-0.25, -0.2) is 0 Å². The topological polar surface area (TPSA) is 37.3 Å². The van der Waals surface area contributed by atoms with Crippen molar-refractivity contribution in [1.82, 2.24) is 0 Å². The summed E-state index contributed by atoms with van der Waals surface area (Å²) in [6, 6.07) is 0. The summed E-state index contributed by atoms with van der Waals surface area (Å²) in [5, 5.41) is 0.560. The molecule has 0 aromatic heterocycles. The Morgan fingerprint density at radius 2 is 2.38 bits per heavy atom. The highest BCUT2D eigenvalue weighted by molar-refractivity contribution is 8.00. The third-order valence-electron chi connectivity index (χ3n) is 0.687. The van der Waals surface area contributed by atoms with E-state index in [2.05, 4.69) is 0 Å². The third-order valence-corrected chi connectivity index (χ3v) is 3.75. The molecule has 0 unspecified atom stereocenters. The molecule has 0 fully saturated rings. The van der Waals surface area contributed by atoms with Gasteiger partial charge >= 0.3 is 0 Å². The summed E-state index contributed by atoms with van der Waals surface area (Å²) in [6.07, 6.45) is 1.88. The number of hydrogen-bond acceptors (Lipinski definition) is 3. The first kappa shape index (κ1) is 8.20. The van der Waals surface area contributed by atoms with Gasteiger partial charge in [-0.1, -0.05) is 0 Å². The average Bonchev–Trinajstić information content (AvgIpc) is 1.67. The second-order valence-electron chi connectivity index (χ2n) is 1.44. The highest BCUT2D eigenvalue weighted by Crippen LogP contribution is 1.93. The quantitative estimate of drug-likeness (QED) is 0.574. The van der Waals surface area contributed by atoms with Crippen LogP contribution < -0.4 is 0 Å². The molecule has 0 rings (SSSR count). The molecule has 4 heteroatoms. The van der Waals surface area contributed by atoms with E-state index < -0.39 is 9.04 Å². The summed E-state index contributed by atoms with van der Waals surface area (Å²) in [5.41, 5.74) is 0. The molecular weight excluding hydrogens is 140 g/mol. The number of hydrogen-bond donors (Lipinski definition) is 1. The summed E-state index contributed by atoms with van der Waals surface area (Å²) in [7, 11) is -1.63. The number of thioether (sulfide) groups is 1. The van der Waals surface area contributed by atoms with Crippen LogP contribution in [0.1, 0.15) is 6.92 Å². The van der Waals surface area contributed by atoms with Gasteiger partial charge in [0, 0.05) is 5.38 Å². The summed E-state index contributed by atoms with van der Waals surface area (Å²) in [4.78, 5) is 19.2. The maximum atomic E-state index is 10.3. The van der Waals surface area contributed by atoms with Crippen LogP contribution in [0.15, 0.2) is 0 Å². The molecule has 0 aliphatic heterocycles. The Bertz CT molecular complexity index is 86.1. The Morgan fingerprint density at radius 3 is 2.50 bits per heavy atom. The third kappa shape index (κ3) is 3.23. The van der Waals surface area contributed by atoms with Gasteiger partial charge in [0.15, 0.2) is 0 Å². The van der Waals surface area contributed by atoms with Gasteiger partial charge in [-0.2, -0.15) is 11.8 Å². The summed E-state index contributed by atoms with van der Waals surface area (Å²) < 4.78 is 0. The van der Waals surface area contributed by atoms with Crippen LogP contribution in [0.25, 0.3) is 0 Å². The Hall–Kier alpha value is 0.197. The van der Waals surface area contributed by atoms with E-state index in [0.717, 1.165) is 0 Å². The van der Waals surface area contributed by atoms with E-state index in [1.54, 1.807) is 0 Å². The zero-order chi connectivity index (χ0) is 6.57. The van der Waals surface area contributed by atoms with Crippen molar-refractivity contribution in [1.29, 1.82) is 0 Å². The van der Waals surface area contributed by atoms with Crippen LogP contribution in [0.4, 0.5) is 0 Å². The first-order valence-electron chi connectivity index (χ1n) is 2.23. The summed E-state index contributed by atoms with van der Waals surface area (Å²) in [5.74, 6) is 0. The predicted octanol–water partition coefficient (Wildman–Crippen LogP) is 0.000600. The lowest BCUT2D eigenvalue weighted by Gasteiger charge is -1.96. The van der Waals surface area contributed by atoms with Crippen LogP contribution in [0.3, 0.4) is 0 Å². The van der Waals surface area contributed by atoms with Gasteiger partial charge in [-0.3, -0.25) is 0 Å². The van der Waals surface area contributed by atoms with Gasteiger partial charge < -0.3 is 9.59 Å². The van der Waals surface area contributed by atoms with Crippen molar-refractivity contribution in [2.75, 3.05) is 11.6 Å². The molecule has 0 aromatic rings. The number of carbonyl (C=O) groups is 1. The highest BCUT2D eigenvalue weighted by Gasteiger charge is 2.12. The maximum Gasteiger partial charge on any atom is 0.297 e. The molecular formula is C4H9O2SSi. The largest absolute Gasteiger partial charge is 0.425 e. The van der Waals surface area contributed by atoms with Gasteiger partial charge in [-0.05, 0) is 13.2 Å². The van der Waals surface area contributed by atoms with Crippen LogP contribution in [-0.4, -0.2) is 30.9 Å². The molecule has 2 nitrogen and oxygen atoms in total. The van der Waals surface area contributed by atoms with Crippen LogP contribution in [0, 0.1) is 0 Å². The molecule has 8 heavy (non-hydrogen) atoms. The lowest BCUT2D eigenvalue weighted by atomic mass is 10.9. The van der Waals surface area contributed by atoms with Gasteiger partial charge in [0.05, 0.1) is 0 Å². The fourth-order valence-electron chi connectivity index (χ4n) is 0.238. The zero-order valence-electron chi connectivity index (χ0n) is 4.97. The molecule has 1 radical (unpaired) electrons. The highest BCUT2D eigenvalue weighted by atomic mass is 32.2. The fourth-order valence-corrected chi connectivity index (χ4v) is 2.15. The second kappa shape index (κ2) is 4.11. The first-order valence-corrected chi connectivity index (χ1v) is 5.28. The number of carbonyl (C=O) groups excluding carboxylic acids is 1. The van der Waals surface area contributed by atoms with E-state index in [9.17, 15) is 4.79 Å². The van der Waals surface area contributed by atoms with Crippen molar-refractivity contribution >= 4 is 26.2 Å². The summed E-state index contributed by atoms with van der Waals surface area (Å²) in [6.45, 7) is 1.44. The molecule has 47 valence electrons. The van der Waals surface area contributed by atoms with E-state index in [0.29, 0.717) is 5.38 Å². The molecule has 0 spiro atoms. The Balaban J connectivity index is 3.32. The molecule has 1 N–H and O–H groups in total. The van der Waals surface area contributed by atoms with Crippen molar-refractivity contribution in [2.45, 2.75) is 6.92 Å². The minimum absolute atomic E-state index is 0.0515. The molecule has 0 aliphatic rings. The van der Waals surface area contributed by atoms with Gasteiger partial charge in [-0.15, -0.1) is 0 Å². The lowest BCUT2D eigenvalue weighted by molar-refractivity contribution is -0.111. The van der Waals surface area contributed by atoms with Crippen LogP contribution in [0.2, 0.25) is 0 Å². The molecule has 0 atom stereocenters. The standard InChI is InChI=1S/C4H9O2SSi/c1-4(5)8(6)3-7-2/h6H,3H2,1-2H3. The van der Waals surface area contributed by atoms with E-state index in [1.807, 2.05) is 6.26 Å². The number of rotatable bonds is 3. The van der Waals surface area contributed by atoms with E-state index in [4.69, 9.17) is 4.80 Å². The monoisotopic (exact) mass is 149 g/mol. The molecule has 0 aromatic carbocycles. The molecule has 0 saturated heterocycles. The molecule has 0 amide bonds. The lowest BCUT2D eigenvalue weighted by Crippen LogP contribution is -2.25. The Labute approximate surface area is 55.0 Å². The molecule has 0 aliphatic carbocycles. The van der Waals surface area contributed by atoms with Gasteiger partial charge in [0.2, 0.25) is 0 Å². The SMILES string of the molecule is CSC[Si](O)C(C)=O. The molecule has 0 heterocycles. The smallest absolute Gasteiger partial charge is 0.297 e. The van der Waals surface area contributed by atoms with Gasteiger partial charge in [0.25, 0.3) is 9.04 Å². The Kier molecular flexibility index (Phi) is 4.21. The predicted molar refractivity (Wildman–Crippen MR) is 37.0 cm³/mol. The van der Waals surface area contributed by atoms with Crippen LogP contribution in [-0.2, 0) is 4.79 Å². The normalized spacial score (nSPS) is 10.0. The average molecular weight is 149 g/mol. The van der Waals surface area contributed by atoms with E-state index >= 15 is 0 Å². The second-order valence-corrected chi connectivity index (χ2v) is 4.77. The van der Waals surface area contributed by atoms with Crippen molar-refractivity contribution < 1.29 is 9.59 Å². The minimum Gasteiger partial charge on any atom is -0.425 e.